The van der Waals surface area contributed by atoms with Crippen molar-refractivity contribution >= 4 is 0 Å². The van der Waals surface area contributed by atoms with Crippen molar-refractivity contribution in [1.82, 2.24) is 9.78 Å². The molecular weight excluding hydrogens is 246 g/mol. The fourth-order valence-electron chi connectivity index (χ4n) is 2.74. The number of nitrogens with zero attached hydrogens (tertiary/aromatic N) is 2. The minimum absolute atomic E-state index is 0.279. The van der Waals surface area contributed by atoms with Crippen LogP contribution in [0.3, 0.4) is 0 Å². The highest BCUT2D eigenvalue weighted by atomic mass is 16.5. The van der Waals surface area contributed by atoms with Crippen LogP contribution in [0.5, 0.6) is 5.75 Å². The van der Waals surface area contributed by atoms with Gasteiger partial charge >= 0.3 is 0 Å². The predicted molar refractivity (Wildman–Crippen MR) is 71.1 cm³/mol. The molecule has 19 heavy (non-hydrogen) atoms. The molecule has 0 spiro atoms. The van der Waals surface area contributed by atoms with Crippen LogP contribution in [0.25, 0.3) is 0 Å². The van der Waals surface area contributed by atoms with Crippen LogP contribution in [0.4, 0.5) is 0 Å². The second-order valence-electron chi connectivity index (χ2n) is 4.81. The molecule has 1 aromatic rings. The maximum Gasteiger partial charge on any atom is 0.161 e. The van der Waals surface area contributed by atoms with Crippen molar-refractivity contribution in [2.24, 2.45) is 12.8 Å². The fourth-order valence-corrected chi connectivity index (χ4v) is 2.74. The molecule has 2 N–H and O–H groups in total. The number of aryl methyl sites for hydroxylation is 1. The summed E-state index contributed by atoms with van der Waals surface area (Å²) in [5.74, 6) is 0.709. The molecule has 1 unspecified atom stereocenters. The Morgan fingerprint density at radius 2 is 2.21 bits per heavy atom. The zero-order valence-corrected chi connectivity index (χ0v) is 11.9. The highest BCUT2D eigenvalue weighted by molar-refractivity contribution is 5.30. The van der Waals surface area contributed by atoms with Gasteiger partial charge < -0.3 is 19.9 Å². The van der Waals surface area contributed by atoms with Gasteiger partial charge in [-0.1, -0.05) is 0 Å². The van der Waals surface area contributed by atoms with E-state index in [-0.39, 0.29) is 6.04 Å². The van der Waals surface area contributed by atoms with Crippen LogP contribution in [0.1, 0.15) is 31.5 Å². The molecule has 1 saturated heterocycles. The van der Waals surface area contributed by atoms with Gasteiger partial charge in [0.05, 0.1) is 30.6 Å². The minimum Gasteiger partial charge on any atom is -0.493 e. The topological polar surface area (TPSA) is 71.5 Å². The van der Waals surface area contributed by atoms with E-state index in [9.17, 15) is 0 Å². The molecule has 1 aliphatic rings. The van der Waals surface area contributed by atoms with Gasteiger partial charge in [-0.25, -0.2) is 0 Å². The van der Waals surface area contributed by atoms with Crippen LogP contribution >= 0.6 is 0 Å². The van der Waals surface area contributed by atoms with Crippen LogP contribution in [0.2, 0.25) is 0 Å². The first-order valence-corrected chi connectivity index (χ1v) is 6.68. The Balaban J connectivity index is 2.32. The first kappa shape index (κ1) is 14.3. The number of aromatic nitrogens is 2. The standard InChI is InChI=1S/C13H23N3O3/c1-4-19-13(5-7-18-8-6-13)12(14)11-10(17-3)9-15-16(11)2/h9,12H,4-8,14H2,1-3H3. The van der Waals surface area contributed by atoms with Crippen molar-refractivity contribution in [3.05, 3.63) is 11.9 Å². The Morgan fingerprint density at radius 1 is 1.53 bits per heavy atom. The molecule has 1 fully saturated rings. The molecular formula is C13H23N3O3. The molecule has 0 radical (unpaired) electrons. The molecule has 0 saturated carbocycles. The zero-order valence-electron chi connectivity index (χ0n) is 11.9. The third-order valence-corrected chi connectivity index (χ3v) is 3.80. The maximum atomic E-state index is 6.49. The summed E-state index contributed by atoms with van der Waals surface area (Å²) < 4.78 is 18.6. The Morgan fingerprint density at radius 3 is 2.79 bits per heavy atom. The van der Waals surface area contributed by atoms with Gasteiger partial charge in [0.25, 0.3) is 0 Å². The normalized spacial score (nSPS) is 20.2. The number of methoxy groups -OCH3 is 1. The number of nitrogens with two attached hydrogens (primary N) is 1. The molecule has 0 bridgehead atoms. The molecule has 108 valence electrons. The van der Waals surface area contributed by atoms with Crippen LogP contribution in [-0.2, 0) is 16.5 Å². The average molecular weight is 269 g/mol. The molecule has 1 atom stereocenters. The lowest BCUT2D eigenvalue weighted by Gasteiger charge is -2.41. The van der Waals surface area contributed by atoms with E-state index in [4.69, 9.17) is 19.9 Å². The van der Waals surface area contributed by atoms with E-state index in [1.165, 1.54) is 0 Å². The molecule has 0 amide bonds. The lowest BCUT2D eigenvalue weighted by molar-refractivity contribution is -0.123. The molecule has 0 aliphatic carbocycles. The van der Waals surface area contributed by atoms with Crippen LogP contribution in [-0.4, -0.2) is 42.3 Å². The second kappa shape index (κ2) is 5.90. The van der Waals surface area contributed by atoms with E-state index >= 15 is 0 Å². The molecule has 6 heteroatoms. The molecule has 2 rings (SSSR count). The van der Waals surface area contributed by atoms with E-state index < -0.39 is 5.60 Å². The highest BCUT2D eigenvalue weighted by Gasteiger charge is 2.42. The quantitative estimate of drug-likeness (QED) is 0.864. The second-order valence-corrected chi connectivity index (χ2v) is 4.81. The summed E-state index contributed by atoms with van der Waals surface area (Å²) in [5.41, 5.74) is 6.97. The van der Waals surface area contributed by atoms with Crippen LogP contribution in [0, 0.1) is 0 Å². The van der Waals surface area contributed by atoms with Gasteiger partial charge in [-0.15, -0.1) is 0 Å². The van der Waals surface area contributed by atoms with E-state index in [1.807, 2.05) is 14.0 Å². The average Bonchev–Trinajstić information content (AvgIpc) is 2.80. The van der Waals surface area contributed by atoms with E-state index in [0.29, 0.717) is 25.6 Å². The van der Waals surface area contributed by atoms with Gasteiger partial charge in [0.1, 0.15) is 0 Å². The monoisotopic (exact) mass is 269 g/mol. The minimum atomic E-state index is -0.395. The lowest BCUT2D eigenvalue weighted by atomic mass is 9.84. The SMILES string of the molecule is CCOC1(C(N)c2c(OC)cnn2C)CCOCC1. The van der Waals surface area contributed by atoms with Crippen molar-refractivity contribution in [3.63, 3.8) is 0 Å². The van der Waals surface area contributed by atoms with Gasteiger partial charge in [0.2, 0.25) is 0 Å². The summed E-state index contributed by atoms with van der Waals surface area (Å²) in [6, 6.07) is -0.279. The van der Waals surface area contributed by atoms with Crippen molar-refractivity contribution in [2.45, 2.75) is 31.4 Å². The molecule has 1 aliphatic heterocycles. The zero-order chi connectivity index (χ0) is 13.9. The third kappa shape index (κ3) is 2.61. The Labute approximate surface area is 113 Å². The predicted octanol–water partition coefficient (Wildman–Crippen LogP) is 1.01. The first-order valence-electron chi connectivity index (χ1n) is 6.68. The summed E-state index contributed by atoms with van der Waals surface area (Å²) in [4.78, 5) is 0. The van der Waals surface area contributed by atoms with Gasteiger partial charge in [-0.3, -0.25) is 4.68 Å². The molecule has 0 aromatic carbocycles. The van der Waals surface area contributed by atoms with Crippen LogP contribution < -0.4 is 10.5 Å². The van der Waals surface area contributed by atoms with Crippen molar-refractivity contribution in [1.29, 1.82) is 0 Å². The summed E-state index contributed by atoms with van der Waals surface area (Å²) >= 11 is 0. The van der Waals surface area contributed by atoms with Crippen LogP contribution in [0.15, 0.2) is 6.20 Å². The Bertz CT molecular complexity index is 408. The number of hydrogen-bond acceptors (Lipinski definition) is 5. The summed E-state index contributed by atoms with van der Waals surface area (Å²) in [6.07, 6.45) is 3.26. The van der Waals surface area contributed by atoms with Crippen molar-refractivity contribution in [3.8, 4) is 5.75 Å². The van der Waals surface area contributed by atoms with E-state index in [2.05, 4.69) is 5.10 Å². The van der Waals surface area contributed by atoms with Crippen molar-refractivity contribution < 1.29 is 14.2 Å². The van der Waals surface area contributed by atoms with E-state index in [0.717, 1.165) is 18.5 Å². The molecule has 2 heterocycles. The smallest absolute Gasteiger partial charge is 0.161 e. The summed E-state index contributed by atoms with van der Waals surface area (Å²) in [5, 5.41) is 4.22. The van der Waals surface area contributed by atoms with Gasteiger partial charge in [0.15, 0.2) is 5.75 Å². The Kier molecular flexibility index (Phi) is 4.44. The summed E-state index contributed by atoms with van der Waals surface area (Å²) in [7, 11) is 3.50. The number of rotatable bonds is 5. The lowest BCUT2D eigenvalue weighted by Crippen LogP contribution is -2.48. The van der Waals surface area contributed by atoms with Gasteiger partial charge in [-0.2, -0.15) is 5.10 Å². The molecule has 6 nitrogen and oxygen atoms in total. The number of hydrogen-bond donors (Lipinski definition) is 1. The maximum absolute atomic E-state index is 6.49. The largest absolute Gasteiger partial charge is 0.493 e. The fraction of sp³-hybridized carbons (Fsp3) is 0.769. The first-order chi connectivity index (χ1) is 9.14. The third-order valence-electron chi connectivity index (χ3n) is 3.80. The van der Waals surface area contributed by atoms with Gasteiger partial charge in [0, 0.05) is 39.7 Å². The van der Waals surface area contributed by atoms with E-state index in [1.54, 1.807) is 18.0 Å². The van der Waals surface area contributed by atoms with Gasteiger partial charge in [-0.05, 0) is 6.92 Å². The Hall–Kier alpha value is -1.11. The molecule has 1 aromatic heterocycles. The number of ether oxygens (including phenoxy) is 3. The highest BCUT2D eigenvalue weighted by Crippen LogP contribution is 2.39. The summed E-state index contributed by atoms with van der Waals surface area (Å²) in [6.45, 7) is 3.97. The van der Waals surface area contributed by atoms with Crippen molar-refractivity contribution in [2.75, 3.05) is 26.9 Å².